The smallest absolute Gasteiger partial charge is 0.303 e. The van der Waals surface area contributed by atoms with E-state index in [2.05, 4.69) is 15.2 Å². The number of fused-ring (bicyclic) bond motifs is 1. The highest BCUT2D eigenvalue weighted by Crippen LogP contribution is 2.04. The maximum atomic E-state index is 10.3. The van der Waals surface area contributed by atoms with Gasteiger partial charge in [-0.05, 0) is 18.6 Å². The van der Waals surface area contributed by atoms with Gasteiger partial charge >= 0.3 is 5.97 Å². The number of hydrogen-bond donors (Lipinski definition) is 1. The molecule has 0 fully saturated rings. The molecule has 0 saturated carbocycles. The Morgan fingerprint density at radius 2 is 2.33 bits per heavy atom. The van der Waals surface area contributed by atoms with Crippen LogP contribution in [0.1, 0.15) is 12.8 Å². The maximum Gasteiger partial charge on any atom is 0.303 e. The molecule has 2 aromatic heterocycles. The van der Waals surface area contributed by atoms with E-state index in [4.69, 9.17) is 5.11 Å². The molecule has 0 spiro atoms. The van der Waals surface area contributed by atoms with E-state index in [0.717, 1.165) is 5.52 Å². The van der Waals surface area contributed by atoms with Crippen molar-refractivity contribution in [3.63, 3.8) is 0 Å². The minimum atomic E-state index is -0.801. The van der Waals surface area contributed by atoms with Gasteiger partial charge in [0.1, 0.15) is 5.52 Å². The Bertz CT molecular complexity index is 447. The first-order valence-corrected chi connectivity index (χ1v) is 4.63. The second kappa shape index (κ2) is 4.04. The van der Waals surface area contributed by atoms with Crippen molar-refractivity contribution in [3.05, 3.63) is 18.3 Å². The highest BCUT2D eigenvalue weighted by molar-refractivity contribution is 5.68. The number of aromatic nitrogens is 4. The van der Waals surface area contributed by atoms with Gasteiger partial charge in [-0.1, -0.05) is 0 Å². The van der Waals surface area contributed by atoms with Crippen LogP contribution in [-0.4, -0.2) is 31.1 Å². The zero-order chi connectivity index (χ0) is 10.7. The monoisotopic (exact) mass is 206 g/mol. The van der Waals surface area contributed by atoms with Gasteiger partial charge in [0.2, 0.25) is 5.65 Å². The average molecular weight is 206 g/mol. The summed E-state index contributed by atoms with van der Waals surface area (Å²) in [5.41, 5.74) is 1.32. The van der Waals surface area contributed by atoms with Crippen molar-refractivity contribution in [2.75, 3.05) is 0 Å². The number of carboxylic acid groups (broad SMARTS) is 1. The molecule has 2 rings (SSSR count). The molecule has 2 aromatic rings. The molecule has 0 saturated heterocycles. The number of rotatable bonds is 4. The van der Waals surface area contributed by atoms with Crippen molar-refractivity contribution in [3.8, 4) is 0 Å². The van der Waals surface area contributed by atoms with Crippen molar-refractivity contribution in [2.24, 2.45) is 0 Å². The zero-order valence-electron chi connectivity index (χ0n) is 8.00. The molecule has 2 heterocycles. The van der Waals surface area contributed by atoms with Gasteiger partial charge in [-0.25, -0.2) is 4.98 Å². The van der Waals surface area contributed by atoms with E-state index in [0.29, 0.717) is 18.6 Å². The van der Waals surface area contributed by atoms with Crippen LogP contribution in [0.15, 0.2) is 18.3 Å². The fourth-order valence-corrected chi connectivity index (χ4v) is 1.27. The quantitative estimate of drug-likeness (QED) is 0.795. The fraction of sp³-hybridized carbons (Fsp3) is 0.333. The topological polar surface area (TPSA) is 80.9 Å². The van der Waals surface area contributed by atoms with Gasteiger partial charge in [-0.2, -0.15) is 9.90 Å². The van der Waals surface area contributed by atoms with E-state index >= 15 is 0 Å². The molecule has 0 aliphatic heterocycles. The van der Waals surface area contributed by atoms with Crippen LogP contribution in [0.25, 0.3) is 11.2 Å². The molecule has 0 bridgehead atoms. The first-order chi connectivity index (χ1) is 7.25. The molecule has 0 unspecified atom stereocenters. The second-order valence-corrected chi connectivity index (χ2v) is 3.14. The minimum absolute atomic E-state index is 0.130. The summed E-state index contributed by atoms with van der Waals surface area (Å²) in [5, 5.41) is 16.7. The summed E-state index contributed by atoms with van der Waals surface area (Å²) in [6, 6.07) is 3.61. The normalized spacial score (nSPS) is 10.7. The van der Waals surface area contributed by atoms with Crippen LogP contribution in [0.3, 0.4) is 0 Å². The first-order valence-electron chi connectivity index (χ1n) is 4.63. The van der Waals surface area contributed by atoms with E-state index in [1.165, 1.54) is 4.80 Å². The van der Waals surface area contributed by atoms with Gasteiger partial charge < -0.3 is 5.11 Å². The lowest BCUT2D eigenvalue weighted by atomic mass is 10.3. The molecule has 0 aliphatic rings. The summed E-state index contributed by atoms with van der Waals surface area (Å²) < 4.78 is 0. The van der Waals surface area contributed by atoms with Crippen LogP contribution in [-0.2, 0) is 11.3 Å². The van der Waals surface area contributed by atoms with Crippen LogP contribution in [0.2, 0.25) is 0 Å². The third-order valence-electron chi connectivity index (χ3n) is 1.95. The van der Waals surface area contributed by atoms with Crippen molar-refractivity contribution in [1.29, 1.82) is 0 Å². The predicted molar refractivity (Wildman–Crippen MR) is 52.2 cm³/mol. The summed E-state index contributed by atoms with van der Waals surface area (Å²) in [6.45, 7) is 0.503. The average Bonchev–Trinajstić information content (AvgIpc) is 2.59. The van der Waals surface area contributed by atoms with E-state index in [1.54, 1.807) is 12.3 Å². The Morgan fingerprint density at radius 1 is 1.47 bits per heavy atom. The Hall–Kier alpha value is -1.98. The molecule has 0 atom stereocenters. The largest absolute Gasteiger partial charge is 0.481 e. The fourth-order valence-electron chi connectivity index (χ4n) is 1.27. The zero-order valence-corrected chi connectivity index (χ0v) is 8.00. The highest BCUT2D eigenvalue weighted by Gasteiger charge is 2.03. The summed E-state index contributed by atoms with van der Waals surface area (Å²) in [5.74, 6) is -0.801. The number of carboxylic acids is 1. The number of aryl methyl sites for hydroxylation is 1. The molecule has 0 aliphatic carbocycles. The maximum absolute atomic E-state index is 10.3. The van der Waals surface area contributed by atoms with Crippen molar-refractivity contribution in [2.45, 2.75) is 19.4 Å². The summed E-state index contributed by atoms with van der Waals surface area (Å²) in [7, 11) is 0. The molecule has 6 nitrogen and oxygen atoms in total. The van der Waals surface area contributed by atoms with Crippen molar-refractivity contribution < 1.29 is 9.90 Å². The Kier molecular flexibility index (Phi) is 2.57. The third kappa shape index (κ3) is 2.28. The Morgan fingerprint density at radius 3 is 3.07 bits per heavy atom. The molecule has 15 heavy (non-hydrogen) atoms. The van der Waals surface area contributed by atoms with Gasteiger partial charge in [0.15, 0.2) is 0 Å². The number of pyridine rings is 1. The van der Waals surface area contributed by atoms with E-state index in [1.807, 2.05) is 6.07 Å². The Labute approximate surface area is 85.5 Å². The summed E-state index contributed by atoms with van der Waals surface area (Å²) in [4.78, 5) is 15.8. The van der Waals surface area contributed by atoms with Crippen LogP contribution in [0, 0.1) is 0 Å². The lowest BCUT2D eigenvalue weighted by molar-refractivity contribution is -0.137. The van der Waals surface area contributed by atoms with E-state index < -0.39 is 5.97 Å². The van der Waals surface area contributed by atoms with E-state index in [9.17, 15) is 4.79 Å². The van der Waals surface area contributed by atoms with Gasteiger partial charge in [-0.3, -0.25) is 4.79 Å². The van der Waals surface area contributed by atoms with Gasteiger partial charge in [0.05, 0.1) is 6.54 Å². The SMILES string of the molecule is O=C(O)CCCn1nc2cccnc2n1. The lowest BCUT2D eigenvalue weighted by Gasteiger charge is -1.95. The third-order valence-corrected chi connectivity index (χ3v) is 1.95. The Balaban J connectivity index is 2.05. The molecule has 0 aromatic carbocycles. The molecule has 0 amide bonds. The highest BCUT2D eigenvalue weighted by atomic mass is 16.4. The number of nitrogens with zero attached hydrogens (tertiary/aromatic N) is 4. The van der Waals surface area contributed by atoms with Crippen LogP contribution in [0.4, 0.5) is 0 Å². The standard InChI is InChI=1S/C9H10N4O2/c14-8(15)4-2-6-13-11-7-3-1-5-10-9(7)12-13/h1,3,5H,2,4,6H2,(H,14,15). The molecule has 1 N–H and O–H groups in total. The molecule has 0 radical (unpaired) electrons. The molecular weight excluding hydrogens is 196 g/mol. The van der Waals surface area contributed by atoms with Gasteiger partial charge in [-0.15, -0.1) is 5.10 Å². The minimum Gasteiger partial charge on any atom is -0.481 e. The molecule has 6 heteroatoms. The number of hydrogen-bond acceptors (Lipinski definition) is 4. The summed E-state index contributed by atoms with van der Waals surface area (Å²) in [6.07, 6.45) is 2.31. The lowest BCUT2D eigenvalue weighted by Crippen LogP contribution is -2.04. The first kappa shape index (κ1) is 9.57. The predicted octanol–water partition coefficient (Wildman–Crippen LogP) is 0.691. The van der Waals surface area contributed by atoms with E-state index in [-0.39, 0.29) is 6.42 Å². The second-order valence-electron chi connectivity index (χ2n) is 3.14. The van der Waals surface area contributed by atoms with Crippen molar-refractivity contribution in [1.82, 2.24) is 20.0 Å². The van der Waals surface area contributed by atoms with Crippen molar-refractivity contribution >= 4 is 17.1 Å². The molecule has 78 valence electrons. The number of aliphatic carboxylic acids is 1. The number of carbonyl (C=O) groups is 1. The summed E-state index contributed by atoms with van der Waals surface area (Å²) >= 11 is 0. The van der Waals surface area contributed by atoms with Crippen LogP contribution in [0.5, 0.6) is 0 Å². The van der Waals surface area contributed by atoms with Gasteiger partial charge in [0, 0.05) is 12.6 Å². The molecular formula is C9H10N4O2. The van der Waals surface area contributed by atoms with Gasteiger partial charge in [0.25, 0.3) is 0 Å². The van der Waals surface area contributed by atoms with Crippen LogP contribution >= 0.6 is 0 Å². The van der Waals surface area contributed by atoms with Crippen LogP contribution < -0.4 is 0 Å².